The van der Waals surface area contributed by atoms with Gasteiger partial charge in [0.25, 0.3) is 0 Å². The van der Waals surface area contributed by atoms with E-state index < -0.39 is 0 Å². The van der Waals surface area contributed by atoms with Crippen LogP contribution in [0.5, 0.6) is 0 Å². The smallest absolute Gasteiger partial charge is 0.0241 e. The lowest BCUT2D eigenvalue weighted by Crippen LogP contribution is -2.44. The number of nitrogens with one attached hydrogen (secondary N) is 1. The maximum absolute atomic E-state index is 5.92. The van der Waals surface area contributed by atoms with Gasteiger partial charge in [0.15, 0.2) is 0 Å². The first-order chi connectivity index (χ1) is 9.30. The molecule has 0 spiro atoms. The first kappa shape index (κ1) is 13.9. The van der Waals surface area contributed by atoms with Crippen molar-refractivity contribution in [2.24, 2.45) is 35.4 Å². The quantitative estimate of drug-likeness (QED) is 0.584. The van der Waals surface area contributed by atoms with E-state index in [9.17, 15) is 0 Å². The van der Waals surface area contributed by atoms with E-state index >= 15 is 0 Å². The summed E-state index contributed by atoms with van der Waals surface area (Å²) in [5, 5.41) is 0. The SMILES string of the molecule is CCC1CCCC(C(CC2CC3CCC2C3)NN)C1. The minimum absolute atomic E-state index is 0.596. The summed E-state index contributed by atoms with van der Waals surface area (Å²) in [6.45, 7) is 2.36. The molecule has 0 radical (unpaired) electrons. The zero-order valence-electron chi connectivity index (χ0n) is 12.6. The second-order valence-electron chi connectivity index (χ2n) is 7.64. The van der Waals surface area contributed by atoms with Crippen LogP contribution in [0.15, 0.2) is 0 Å². The molecular formula is C17H32N2. The van der Waals surface area contributed by atoms with E-state index in [4.69, 9.17) is 5.84 Å². The predicted molar refractivity (Wildman–Crippen MR) is 80.4 cm³/mol. The Balaban J connectivity index is 1.55. The molecule has 3 fully saturated rings. The topological polar surface area (TPSA) is 38.0 Å². The van der Waals surface area contributed by atoms with Gasteiger partial charge in [-0.2, -0.15) is 0 Å². The summed E-state index contributed by atoms with van der Waals surface area (Å²) in [6, 6.07) is 0.596. The number of hydrogen-bond acceptors (Lipinski definition) is 2. The third-order valence-corrected chi connectivity index (χ3v) is 6.63. The second-order valence-corrected chi connectivity index (χ2v) is 7.64. The first-order valence-corrected chi connectivity index (χ1v) is 8.76. The zero-order chi connectivity index (χ0) is 13.2. The van der Waals surface area contributed by atoms with Crippen LogP contribution >= 0.6 is 0 Å². The third-order valence-electron chi connectivity index (χ3n) is 6.63. The molecule has 6 unspecified atom stereocenters. The standard InChI is InChI=1S/C17H32N2/c1-2-12-4-3-5-15(8-12)17(19-18)11-16-10-13-6-7-14(16)9-13/h12-17,19H,2-11,18H2,1H3. The highest BCUT2D eigenvalue weighted by atomic mass is 15.2. The van der Waals surface area contributed by atoms with Crippen LogP contribution in [0.4, 0.5) is 0 Å². The van der Waals surface area contributed by atoms with Crippen molar-refractivity contribution in [1.82, 2.24) is 5.43 Å². The molecule has 0 aromatic carbocycles. The highest BCUT2D eigenvalue weighted by molar-refractivity contribution is 4.93. The molecule has 2 heteroatoms. The molecule has 0 aromatic heterocycles. The van der Waals surface area contributed by atoms with E-state index in [0.29, 0.717) is 6.04 Å². The van der Waals surface area contributed by atoms with Gasteiger partial charge < -0.3 is 0 Å². The molecule has 2 nitrogen and oxygen atoms in total. The molecule has 0 heterocycles. The number of hydrogen-bond donors (Lipinski definition) is 2. The second kappa shape index (κ2) is 6.13. The minimum Gasteiger partial charge on any atom is -0.271 e. The predicted octanol–water partition coefficient (Wildman–Crippen LogP) is 3.86. The average Bonchev–Trinajstić information content (AvgIpc) is 3.07. The zero-order valence-corrected chi connectivity index (χ0v) is 12.6. The fraction of sp³-hybridized carbons (Fsp3) is 1.00. The van der Waals surface area contributed by atoms with Crippen LogP contribution in [-0.4, -0.2) is 6.04 Å². The van der Waals surface area contributed by atoms with Gasteiger partial charge in [-0.3, -0.25) is 11.3 Å². The van der Waals surface area contributed by atoms with Gasteiger partial charge in [0.05, 0.1) is 0 Å². The summed E-state index contributed by atoms with van der Waals surface area (Å²) in [7, 11) is 0. The number of rotatable bonds is 5. The maximum atomic E-state index is 5.92. The van der Waals surface area contributed by atoms with Gasteiger partial charge in [0.2, 0.25) is 0 Å². The van der Waals surface area contributed by atoms with Crippen LogP contribution in [0, 0.1) is 29.6 Å². The monoisotopic (exact) mass is 264 g/mol. The molecule has 3 saturated carbocycles. The Kier molecular flexibility index (Phi) is 4.48. The lowest BCUT2D eigenvalue weighted by Gasteiger charge is -2.36. The fourth-order valence-corrected chi connectivity index (χ4v) is 5.46. The minimum atomic E-state index is 0.596. The molecule has 0 aliphatic heterocycles. The lowest BCUT2D eigenvalue weighted by molar-refractivity contribution is 0.172. The van der Waals surface area contributed by atoms with Gasteiger partial charge in [-0.15, -0.1) is 0 Å². The number of fused-ring (bicyclic) bond motifs is 2. The van der Waals surface area contributed by atoms with Crippen molar-refractivity contribution in [2.45, 2.75) is 77.2 Å². The molecule has 110 valence electrons. The van der Waals surface area contributed by atoms with Gasteiger partial charge in [-0.25, -0.2) is 0 Å². The Hall–Kier alpha value is -0.0800. The molecule has 0 saturated heterocycles. The van der Waals surface area contributed by atoms with E-state index in [1.165, 1.54) is 64.2 Å². The van der Waals surface area contributed by atoms with Gasteiger partial charge in [-0.05, 0) is 68.1 Å². The van der Waals surface area contributed by atoms with Crippen molar-refractivity contribution >= 4 is 0 Å². The van der Waals surface area contributed by atoms with E-state index in [1.807, 2.05) is 0 Å². The van der Waals surface area contributed by atoms with Crippen molar-refractivity contribution in [1.29, 1.82) is 0 Å². The van der Waals surface area contributed by atoms with Gasteiger partial charge in [0, 0.05) is 6.04 Å². The van der Waals surface area contributed by atoms with E-state index in [-0.39, 0.29) is 0 Å². The Morgan fingerprint density at radius 3 is 2.63 bits per heavy atom. The summed E-state index contributed by atoms with van der Waals surface area (Å²) in [5.74, 6) is 10.8. The molecule has 0 amide bonds. The number of nitrogens with two attached hydrogens (primary N) is 1. The average molecular weight is 264 g/mol. The maximum Gasteiger partial charge on any atom is 0.0241 e. The van der Waals surface area contributed by atoms with Crippen LogP contribution in [0.3, 0.4) is 0 Å². The van der Waals surface area contributed by atoms with Crippen LogP contribution < -0.4 is 11.3 Å². The molecule has 3 aliphatic rings. The van der Waals surface area contributed by atoms with Crippen LogP contribution in [0.2, 0.25) is 0 Å². The molecule has 19 heavy (non-hydrogen) atoms. The molecule has 0 aromatic rings. The third kappa shape index (κ3) is 3.00. The summed E-state index contributed by atoms with van der Waals surface area (Å²) in [4.78, 5) is 0. The van der Waals surface area contributed by atoms with Crippen molar-refractivity contribution in [3.63, 3.8) is 0 Å². The van der Waals surface area contributed by atoms with Crippen LogP contribution in [-0.2, 0) is 0 Å². The van der Waals surface area contributed by atoms with Crippen molar-refractivity contribution in [3.05, 3.63) is 0 Å². The fourth-order valence-electron chi connectivity index (χ4n) is 5.46. The first-order valence-electron chi connectivity index (χ1n) is 8.76. The van der Waals surface area contributed by atoms with Gasteiger partial charge in [-0.1, -0.05) is 32.6 Å². The van der Waals surface area contributed by atoms with E-state index in [0.717, 1.165) is 29.6 Å². The molecule has 3 aliphatic carbocycles. The lowest BCUT2D eigenvalue weighted by atomic mass is 9.73. The van der Waals surface area contributed by atoms with Gasteiger partial charge >= 0.3 is 0 Å². The summed E-state index contributed by atoms with van der Waals surface area (Å²) >= 11 is 0. The summed E-state index contributed by atoms with van der Waals surface area (Å²) in [6.07, 6.45) is 14.5. The molecule has 3 rings (SSSR count). The summed E-state index contributed by atoms with van der Waals surface area (Å²) < 4.78 is 0. The Morgan fingerprint density at radius 2 is 2.00 bits per heavy atom. The van der Waals surface area contributed by atoms with Crippen molar-refractivity contribution < 1.29 is 0 Å². The highest BCUT2D eigenvalue weighted by Crippen LogP contribution is 2.50. The van der Waals surface area contributed by atoms with Crippen molar-refractivity contribution in [3.8, 4) is 0 Å². The Bertz CT molecular complexity index is 291. The Morgan fingerprint density at radius 1 is 1.11 bits per heavy atom. The van der Waals surface area contributed by atoms with E-state index in [2.05, 4.69) is 12.3 Å². The molecule has 3 N–H and O–H groups in total. The molecular weight excluding hydrogens is 232 g/mol. The molecule has 2 bridgehead atoms. The van der Waals surface area contributed by atoms with Gasteiger partial charge in [0.1, 0.15) is 0 Å². The van der Waals surface area contributed by atoms with Crippen LogP contribution in [0.1, 0.15) is 71.1 Å². The van der Waals surface area contributed by atoms with Crippen molar-refractivity contribution in [2.75, 3.05) is 0 Å². The summed E-state index contributed by atoms with van der Waals surface area (Å²) in [5.41, 5.74) is 3.20. The largest absolute Gasteiger partial charge is 0.271 e. The molecule has 6 atom stereocenters. The Labute approximate surface area is 118 Å². The highest BCUT2D eigenvalue weighted by Gasteiger charge is 2.41. The van der Waals surface area contributed by atoms with Crippen LogP contribution in [0.25, 0.3) is 0 Å². The van der Waals surface area contributed by atoms with E-state index in [1.54, 1.807) is 0 Å². The normalized spacial score (nSPS) is 43.6. The number of hydrazine groups is 1.